The normalized spacial score (nSPS) is 13.7. The van der Waals surface area contributed by atoms with Gasteiger partial charge in [-0.1, -0.05) is 43.5 Å². The lowest BCUT2D eigenvalue weighted by Gasteiger charge is -2.05. The van der Waals surface area contributed by atoms with Gasteiger partial charge in [0, 0.05) is 6.16 Å². The summed E-state index contributed by atoms with van der Waals surface area (Å²) in [4.78, 5) is 0. The van der Waals surface area contributed by atoms with E-state index in [1.165, 1.54) is 0 Å². The van der Waals surface area contributed by atoms with Crippen molar-refractivity contribution in [1.29, 1.82) is 0 Å². The van der Waals surface area contributed by atoms with Gasteiger partial charge in [-0.3, -0.25) is 0 Å². The molecule has 0 aliphatic heterocycles. The Morgan fingerprint density at radius 1 is 1.43 bits per heavy atom. The van der Waals surface area contributed by atoms with E-state index >= 15 is 0 Å². The summed E-state index contributed by atoms with van der Waals surface area (Å²) in [5.74, 6) is 0. The number of rotatable bonds is 1. The zero-order valence-electron chi connectivity index (χ0n) is 3.42. The summed E-state index contributed by atoms with van der Waals surface area (Å²) < 4.78 is -1.15. The van der Waals surface area contributed by atoms with Crippen LogP contribution in [0.2, 0.25) is 0 Å². The van der Waals surface area contributed by atoms with Crippen LogP contribution in [0, 0.1) is 0 Å². The molecule has 0 saturated heterocycles. The Labute approximate surface area is 59.3 Å². The second kappa shape index (κ2) is 3.32. The fraction of sp³-hybridized carbons (Fsp3) is 1.00. The molecule has 0 aliphatic carbocycles. The summed E-state index contributed by atoms with van der Waals surface area (Å²) in [5.41, 5.74) is 5.09. The van der Waals surface area contributed by atoms with Gasteiger partial charge < -0.3 is 5.50 Å². The molecule has 0 aliphatic rings. The van der Waals surface area contributed by atoms with Crippen molar-refractivity contribution in [2.24, 2.45) is 5.50 Å². The highest BCUT2D eigenvalue weighted by Gasteiger charge is 2.16. The van der Waals surface area contributed by atoms with Crippen LogP contribution in [0.1, 0.15) is 0 Å². The third-order valence-electron chi connectivity index (χ3n) is 0.303. The minimum atomic E-state index is -1.15. The lowest BCUT2D eigenvalue weighted by Crippen LogP contribution is -2.05. The van der Waals surface area contributed by atoms with Gasteiger partial charge in [0.15, 0.2) is 3.79 Å². The highest BCUT2D eigenvalue weighted by atomic mass is 35.6. The van der Waals surface area contributed by atoms with Crippen molar-refractivity contribution in [2.45, 2.75) is 3.79 Å². The first-order valence-electron chi connectivity index (χ1n) is 1.56. The average Bonchev–Trinajstić information content (AvgIpc) is 1.30. The molecule has 0 aromatic rings. The van der Waals surface area contributed by atoms with E-state index in [9.17, 15) is 0 Å². The van der Waals surface area contributed by atoms with Crippen LogP contribution in [0.5, 0.6) is 0 Å². The van der Waals surface area contributed by atoms with E-state index in [-0.39, 0.29) is 8.73 Å². The number of nitrogens with two attached hydrogens (primary N) is 1. The van der Waals surface area contributed by atoms with Gasteiger partial charge in [0.25, 0.3) is 0 Å². The van der Waals surface area contributed by atoms with Gasteiger partial charge in [0.05, 0.1) is 0 Å². The molecule has 1 nitrogen and oxygen atoms in total. The minimum absolute atomic E-state index is 0.213. The van der Waals surface area contributed by atoms with E-state index in [4.69, 9.17) is 40.3 Å². The molecular formula is C2H5Cl3NP. The van der Waals surface area contributed by atoms with Crippen LogP contribution in [0.25, 0.3) is 0 Å². The van der Waals surface area contributed by atoms with Crippen molar-refractivity contribution in [1.82, 2.24) is 0 Å². The summed E-state index contributed by atoms with van der Waals surface area (Å²) in [7, 11) is 0.213. The third-order valence-corrected chi connectivity index (χ3v) is 2.11. The largest absolute Gasteiger partial charge is 0.312 e. The van der Waals surface area contributed by atoms with Crippen LogP contribution in [-0.2, 0) is 0 Å². The van der Waals surface area contributed by atoms with Gasteiger partial charge in [-0.15, -0.1) is 0 Å². The molecular weight excluding hydrogens is 175 g/mol. The maximum atomic E-state index is 5.29. The Hall–Kier alpha value is 1.26. The number of halogens is 3. The molecule has 0 aromatic carbocycles. The molecule has 0 heterocycles. The SMILES string of the molecule is NPCC(Cl)(Cl)Cl. The van der Waals surface area contributed by atoms with Crippen LogP contribution in [0.15, 0.2) is 0 Å². The number of alkyl halides is 3. The van der Waals surface area contributed by atoms with E-state index in [0.29, 0.717) is 6.16 Å². The second-order valence-electron chi connectivity index (χ2n) is 0.996. The fourth-order valence-corrected chi connectivity index (χ4v) is 1.04. The lowest BCUT2D eigenvalue weighted by molar-refractivity contribution is 1.28. The molecule has 0 fully saturated rings. The standard InChI is InChI=1S/C2H5Cl3NP/c3-2(4,5)1-7-6/h7H,1,6H2. The third kappa shape index (κ3) is 7.26. The zero-order chi connectivity index (χ0) is 5.91. The van der Waals surface area contributed by atoms with Crippen molar-refractivity contribution in [3.63, 3.8) is 0 Å². The number of hydrogen-bond donors (Lipinski definition) is 1. The molecule has 7 heavy (non-hydrogen) atoms. The Morgan fingerprint density at radius 2 is 1.86 bits per heavy atom. The van der Waals surface area contributed by atoms with Gasteiger partial charge >= 0.3 is 0 Å². The predicted octanol–water partition coefficient (Wildman–Crippen LogP) is 1.91. The molecule has 44 valence electrons. The summed E-state index contributed by atoms with van der Waals surface area (Å²) in [6.07, 6.45) is 0.442. The van der Waals surface area contributed by atoms with Crippen molar-refractivity contribution in [2.75, 3.05) is 6.16 Å². The molecule has 1 atom stereocenters. The van der Waals surface area contributed by atoms with Crippen LogP contribution in [0.3, 0.4) is 0 Å². The summed E-state index contributed by atoms with van der Waals surface area (Å²) >= 11 is 15.9. The first kappa shape index (κ1) is 8.26. The van der Waals surface area contributed by atoms with E-state index in [0.717, 1.165) is 0 Å². The highest BCUT2D eigenvalue weighted by molar-refractivity contribution is 7.35. The smallest absolute Gasteiger partial charge is 0.195 e. The first-order valence-corrected chi connectivity index (χ1v) is 3.98. The summed E-state index contributed by atoms with van der Waals surface area (Å²) in [6.45, 7) is 0. The maximum Gasteiger partial charge on any atom is 0.195 e. The fourth-order valence-electron chi connectivity index (χ4n) is 0.116. The second-order valence-corrected chi connectivity index (χ2v) is 4.27. The van der Waals surface area contributed by atoms with Crippen LogP contribution >= 0.6 is 43.5 Å². The Morgan fingerprint density at radius 3 is 1.86 bits per heavy atom. The predicted molar refractivity (Wildman–Crippen MR) is 37.7 cm³/mol. The molecule has 0 radical (unpaired) electrons. The van der Waals surface area contributed by atoms with Crippen molar-refractivity contribution in [3.8, 4) is 0 Å². The monoisotopic (exact) mass is 179 g/mol. The molecule has 5 heteroatoms. The van der Waals surface area contributed by atoms with E-state index in [1.807, 2.05) is 0 Å². The first-order chi connectivity index (χ1) is 3.06. The molecule has 0 spiro atoms. The Kier molecular flexibility index (Phi) is 3.92. The van der Waals surface area contributed by atoms with E-state index < -0.39 is 3.79 Å². The Bertz CT molecular complexity index is 51.4. The van der Waals surface area contributed by atoms with Crippen molar-refractivity contribution in [3.05, 3.63) is 0 Å². The number of hydrogen-bond acceptors (Lipinski definition) is 1. The summed E-state index contributed by atoms with van der Waals surface area (Å²) in [6, 6.07) is 0. The van der Waals surface area contributed by atoms with Crippen molar-refractivity contribution < 1.29 is 0 Å². The minimum Gasteiger partial charge on any atom is -0.312 e. The van der Waals surface area contributed by atoms with Gasteiger partial charge in [-0.25, -0.2) is 0 Å². The maximum absolute atomic E-state index is 5.29. The molecule has 0 bridgehead atoms. The molecule has 0 saturated carbocycles. The molecule has 1 unspecified atom stereocenters. The lowest BCUT2D eigenvalue weighted by atomic mass is 10.9. The molecule has 2 N–H and O–H groups in total. The topological polar surface area (TPSA) is 26.0 Å². The van der Waals surface area contributed by atoms with Gasteiger partial charge in [0.1, 0.15) is 0 Å². The molecule has 0 rings (SSSR count). The van der Waals surface area contributed by atoms with Crippen LogP contribution in [0.4, 0.5) is 0 Å². The average molecular weight is 180 g/mol. The Balaban J connectivity index is 3.15. The molecule has 0 amide bonds. The summed E-state index contributed by atoms with van der Waals surface area (Å²) in [5, 5.41) is 0. The van der Waals surface area contributed by atoms with E-state index in [1.54, 1.807) is 0 Å². The van der Waals surface area contributed by atoms with Gasteiger partial charge in [0.2, 0.25) is 0 Å². The zero-order valence-corrected chi connectivity index (χ0v) is 6.69. The molecule has 0 aromatic heterocycles. The van der Waals surface area contributed by atoms with Crippen LogP contribution in [-0.4, -0.2) is 9.95 Å². The van der Waals surface area contributed by atoms with Crippen LogP contribution < -0.4 is 5.50 Å². The quantitative estimate of drug-likeness (QED) is 0.484. The van der Waals surface area contributed by atoms with Crippen molar-refractivity contribution >= 4 is 43.5 Å². The van der Waals surface area contributed by atoms with E-state index in [2.05, 4.69) is 0 Å². The van der Waals surface area contributed by atoms with Gasteiger partial charge in [-0.2, -0.15) is 0 Å². The van der Waals surface area contributed by atoms with Gasteiger partial charge in [-0.05, 0) is 0 Å². The highest BCUT2D eigenvalue weighted by Crippen LogP contribution is 2.29.